The molecule has 1 spiro atoms. The monoisotopic (exact) mass is 319 g/mol. The molecule has 1 aliphatic heterocycles. The Labute approximate surface area is 142 Å². The zero-order chi connectivity index (χ0) is 16.7. The van der Waals surface area contributed by atoms with Gasteiger partial charge in [-0.05, 0) is 42.9 Å². The Balaban J connectivity index is 1.71. The van der Waals surface area contributed by atoms with Crippen LogP contribution in [0.2, 0.25) is 0 Å². The maximum atomic E-state index is 13.3. The lowest BCUT2D eigenvalue weighted by atomic mass is 9.73. The third-order valence-electron chi connectivity index (χ3n) is 5.51. The topological polar surface area (TPSA) is 37.4 Å². The number of hydrogen-bond donors (Lipinski definition) is 0. The van der Waals surface area contributed by atoms with Crippen LogP contribution in [0.4, 0.5) is 0 Å². The van der Waals surface area contributed by atoms with Gasteiger partial charge in [-0.15, -0.1) is 0 Å². The van der Waals surface area contributed by atoms with Crippen molar-refractivity contribution in [3.63, 3.8) is 0 Å². The van der Waals surface area contributed by atoms with Crippen molar-refractivity contribution in [2.45, 2.75) is 44.6 Å². The molecule has 2 aliphatic rings. The molecular formula is C21H21NO2. The number of carbonyl (C=O) groups is 2. The highest BCUT2D eigenvalue weighted by molar-refractivity contribution is 6.04. The second-order valence-electron chi connectivity index (χ2n) is 7.01. The maximum Gasteiger partial charge on any atom is 0.240 e. The van der Waals surface area contributed by atoms with Gasteiger partial charge in [0, 0.05) is 6.42 Å². The summed E-state index contributed by atoms with van der Waals surface area (Å²) in [5, 5.41) is 0. The number of imide groups is 1. The van der Waals surface area contributed by atoms with Crippen LogP contribution in [-0.4, -0.2) is 16.7 Å². The lowest BCUT2D eigenvalue weighted by molar-refractivity contribution is -0.154. The molecule has 2 aromatic rings. The number of aryl methyl sites for hydroxylation is 2. The highest BCUT2D eigenvalue weighted by atomic mass is 16.2. The van der Waals surface area contributed by atoms with Gasteiger partial charge in [0.05, 0.1) is 12.0 Å². The minimum absolute atomic E-state index is 0.00745. The molecule has 0 saturated carbocycles. The Morgan fingerprint density at radius 2 is 1.75 bits per heavy atom. The minimum Gasteiger partial charge on any atom is -0.277 e. The van der Waals surface area contributed by atoms with Gasteiger partial charge in [-0.25, -0.2) is 0 Å². The van der Waals surface area contributed by atoms with Gasteiger partial charge in [-0.2, -0.15) is 0 Å². The summed E-state index contributed by atoms with van der Waals surface area (Å²) in [4.78, 5) is 27.3. The quantitative estimate of drug-likeness (QED) is 0.794. The van der Waals surface area contributed by atoms with Crippen molar-refractivity contribution >= 4 is 11.8 Å². The number of fused-ring (bicyclic) bond motifs is 2. The summed E-state index contributed by atoms with van der Waals surface area (Å²) in [7, 11) is 0. The third-order valence-corrected chi connectivity index (χ3v) is 5.51. The number of piperidine rings is 1. The Hall–Kier alpha value is -2.42. The van der Waals surface area contributed by atoms with Crippen molar-refractivity contribution in [3.8, 4) is 0 Å². The summed E-state index contributed by atoms with van der Waals surface area (Å²) >= 11 is 0. The van der Waals surface area contributed by atoms with E-state index in [0.717, 1.165) is 24.0 Å². The Kier molecular flexibility index (Phi) is 3.52. The van der Waals surface area contributed by atoms with E-state index in [1.807, 2.05) is 30.3 Å². The van der Waals surface area contributed by atoms with E-state index in [4.69, 9.17) is 0 Å². The van der Waals surface area contributed by atoms with Crippen LogP contribution >= 0.6 is 0 Å². The van der Waals surface area contributed by atoms with Crippen molar-refractivity contribution in [2.24, 2.45) is 0 Å². The van der Waals surface area contributed by atoms with Crippen molar-refractivity contribution in [1.29, 1.82) is 0 Å². The fourth-order valence-corrected chi connectivity index (χ4v) is 4.18. The van der Waals surface area contributed by atoms with E-state index in [1.165, 1.54) is 16.0 Å². The minimum atomic E-state index is -0.496. The molecule has 3 nitrogen and oxygen atoms in total. The molecule has 1 fully saturated rings. The first-order valence-corrected chi connectivity index (χ1v) is 8.59. The summed E-state index contributed by atoms with van der Waals surface area (Å²) < 4.78 is 0. The van der Waals surface area contributed by atoms with Crippen LogP contribution in [0.1, 0.15) is 41.5 Å². The predicted octanol–water partition coefficient (Wildman–Crippen LogP) is 3.53. The number of amides is 2. The molecule has 1 unspecified atom stereocenters. The molecule has 1 heterocycles. The molecule has 0 radical (unpaired) electrons. The van der Waals surface area contributed by atoms with Gasteiger partial charge in [-0.3, -0.25) is 14.5 Å². The van der Waals surface area contributed by atoms with E-state index >= 15 is 0 Å². The second-order valence-corrected chi connectivity index (χ2v) is 7.01. The molecule has 3 heteroatoms. The van der Waals surface area contributed by atoms with Crippen LogP contribution in [0.3, 0.4) is 0 Å². The average Bonchev–Trinajstić information content (AvgIpc) is 2.95. The standard InChI is InChI=1S/C21H21NO2/c1-15-7-8-17-9-11-21(18(17)13-15)12-10-19(23)22(20(21)24)14-16-5-3-2-4-6-16/h2-8,13H,9-12,14H2,1H3. The smallest absolute Gasteiger partial charge is 0.240 e. The van der Waals surface area contributed by atoms with Crippen molar-refractivity contribution in [1.82, 2.24) is 4.90 Å². The number of rotatable bonds is 2. The lowest BCUT2D eigenvalue weighted by Crippen LogP contribution is -2.52. The first kappa shape index (κ1) is 15.1. The zero-order valence-electron chi connectivity index (χ0n) is 13.9. The molecule has 0 aromatic heterocycles. The molecule has 2 amide bonds. The number of nitrogens with zero attached hydrogens (tertiary/aromatic N) is 1. The molecule has 2 aromatic carbocycles. The SMILES string of the molecule is Cc1ccc2c(c1)C1(CCC(=O)N(Cc3ccccc3)C1=O)CC2. The van der Waals surface area contributed by atoms with E-state index in [9.17, 15) is 9.59 Å². The van der Waals surface area contributed by atoms with Crippen LogP contribution in [0, 0.1) is 6.92 Å². The largest absolute Gasteiger partial charge is 0.277 e. The molecule has 0 N–H and O–H groups in total. The molecule has 1 aliphatic carbocycles. The fraction of sp³-hybridized carbons (Fsp3) is 0.333. The molecule has 4 rings (SSSR count). The number of carbonyl (C=O) groups excluding carboxylic acids is 2. The highest BCUT2D eigenvalue weighted by Gasteiger charge is 2.51. The van der Waals surface area contributed by atoms with Crippen LogP contribution < -0.4 is 0 Å². The summed E-state index contributed by atoms with van der Waals surface area (Å²) in [6, 6.07) is 16.2. The Bertz CT molecular complexity index is 812. The average molecular weight is 319 g/mol. The predicted molar refractivity (Wildman–Crippen MR) is 92.4 cm³/mol. The zero-order valence-corrected chi connectivity index (χ0v) is 13.9. The van der Waals surface area contributed by atoms with Crippen LogP contribution in [-0.2, 0) is 28.0 Å². The van der Waals surface area contributed by atoms with E-state index < -0.39 is 5.41 Å². The molecular weight excluding hydrogens is 298 g/mol. The van der Waals surface area contributed by atoms with Gasteiger partial charge in [0.1, 0.15) is 0 Å². The van der Waals surface area contributed by atoms with Crippen LogP contribution in [0.25, 0.3) is 0 Å². The maximum absolute atomic E-state index is 13.3. The van der Waals surface area contributed by atoms with Crippen molar-refractivity contribution in [2.75, 3.05) is 0 Å². The van der Waals surface area contributed by atoms with E-state index in [-0.39, 0.29) is 11.8 Å². The molecule has 122 valence electrons. The number of hydrogen-bond acceptors (Lipinski definition) is 2. The number of likely N-dealkylation sites (tertiary alicyclic amines) is 1. The van der Waals surface area contributed by atoms with Gasteiger partial charge < -0.3 is 0 Å². The second kappa shape index (κ2) is 5.59. The normalized spacial score (nSPS) is 23.0. The van der Waals surface area contributed by atoms with E-state index in [1.54, 1.807) is 0 Å². The van der Waals surface area contributed by atoms with Gasteiger partial charge in [-0.1, -0.05) is 54.1 Å². The molecule has 24 heavy (non-hydrogen) atoms. The van der Waals surface area contributed by atoms with E-state index in [0.29, 0.717) is 19.4 Å². The lowest BCUT2D eigenvalue weighted by Gasteiger charge is -2.39. The van der Waals surface area contributed by atoms with Crippen LogP contribution in [0.15, 0.2) is 48.5 Å². The number of benzene rings is 2. The fourth-order valence-electron chi connectivity index (χ4n) is 4.18. The van der Waals surface area contributed by atoms with Crippen LogP contribution in [0.5, 0.6) is 0 Å². The highest BCUT2D eigenvalue weighted by Crippen LogP contribution is 2.46. The molecule has 0 bridgehead atoms. The first-order valence-electron chi connectivity index (χ1n) is 8.59. The van der Waals surface area contributed by atoms with Gasteiger partial charge >= 0.3 is 0 Å². The summed E-state index contributed by atoms with van der Waals surface area (Å²) in [5.74, 6) is -0.0532. The van der Waals surface area contributed by atoms with Crippen molar-refractivity contribution in [3.05, 3.63) is 70.8 Å². The summed E-state index contributed by atoms with van der Waals surface area (Å²) in [6.07, 6.45) is 2.84. The first-order chi connectivity index (χ1) is 11.6. The Morgan fingerprint density at radius 1 is 1.00 bits per heavy atom. The third kappa shape index (κ3) is 2.27. The summed E-state index contributed by atoms with van der Waals surface area (Å²) in [5.41, 5.74) is 4.10. The van der Waals surface area contributed by atoms with Gasteiger partial charge in [0.15, 0.2) is 0 Å². The Morgan fingerprint density at radius 3 is 2.54 bits per heavy atom. The summed E-state index contributed by atoms with van der Waals surface area (Å²) in [6.45, 7) is 2.44. The van der Waals surface area contributed by atoms with Gasteiger partial charge in [0.2, 0.25) is 11.8 Å². The van der Waals surface area contributed by atoms with Gasteiger partial charge in [0.25, 0.3) is 0 Å². The molecule has 1 atom stereocenters. The van der Waals surface area contributed by atoms with E-state index in [2.05, 4.69) is 25.1 Å². The molecule has 1 saturated heterocycles. The van der Waals surface area contributed by atoms with Crippen molar-refractivity contribution < 1.29 is 9.59 Å².